The standard InChI is InChI=1S/C18H19BrF2O2/c1-18(2,3)13-7-5-6-11(17(13)23-10-22-4)12-8-15(20)16(21)9-14(12)19/h5-9H,10H2,1-4H3. The van der Waals surface area contributed by atoms with Gasteiger partial charge in [0.2, 0.25) is 0 Å². The van der Waals surface area contributed by atoms with Crippen molar-refractivity contribution in [3.05, 3.63) is 52.0 Å². The molecule has 124 valence electrons. The van der Waals surface area contributed by atoms with E-state index in [2.05, 4.69) is 36.7 Å². The van der Waals surface area contributed by atoms with Crippen LogP contribution in [0.2, 0.25) is 0 Å². The molecule has 2 rings (SSSR count). The van der Waals surface area contributed by atoms with Gasteiger partial charge in [0.15, 0.2) is 18.4 Å². The minimum atomic E-state index is -0.901. The summed E-state index contributed by atoms with van der Waals surface area (Å²) in [5.74, 6) is -1.19. The second-order valence-corrected chi connectivity index (χ2v) is 7.08. The van der Waals surface area contributed by atoms with Gasteiger partial charge in [-0.2, -0.15) is 0 Å². The van der Waals surface area contributed by atoms with Gasteiger partial charge in [0.25, 0.3) is 0 Å². The van der Waals surface area contributed by atoms with Crippen molar-refractivity contribution in [1.29, 1.82) is 0 Å². The van der Waals surface area contributed by atoms with Gasteiger partial charge in [0.05, 0.1) is 0 Å². The number of rotatable bonds is 4. The largest absolute Gasteiger partial charge is 0.467 e. The Morgan fingerprint density at radius 1 is 1.04 bits per heavy atom. The third kappa shape index (κ3) is 3.90. The lowest BCUT2D eigenvalue weighted by Gasteiger charge is -2.25. The number of hydrogen-bond acceptors (Lipinski definition) is 2. The average molecular weight is 385 g/mol. The lowest BCUT2D eigenvalue weighted by molar-refractivity contribution is 0.0502. The predicted molar refractivity (Wildman–Crippen MR) is 90.7 cm³/mol. The van der Waals surface area contributed by atoms with E-state index in [4.69, 9.17) is 9.47 Å². The van der Waals surface area contributed by atoms with E-state index in [0.29, 0.717) is 21.3 Å². The number of para-hydroxylation sites is 1. The van der Waals surface area contributed by atoms with Crippen molar-refractivity contribution < 1.29 is 18.3 Å². The summed E-state index contributed by atoms with van der Waals surface area (Å²) in [6.45, 7) is 6.26. The Labute approximate surface area is 143 Å². The summed E-state index contributed by atoms with van der Waals surface area (Å²) >= 11 is 3.30. The highest BCUT2D eigenvalue weighted by Gasteiger charge is 2.23. The molecule has 2 aromatic carbocycles. The minimum absolute atomic E-state index is 0.0708. The smallest absolute Gasteiger partial charge is 0.188 e. The van der Waals surface area contributed by atoms with Crippen molar-refractivity contribution >= 4 is 15.9 Å². The molecule has 0 aliphatic heterocycles. The molecule has 5 heteroatoms. The fourth-order valence-corrected chi connectivity index (χ4v) is 2.87. The van der Waals surface area contributed by atoms with E-state index in [1.54, 1.807) is 0 Å². The zero-order valence-electron chi connectivity index (χ0n) is 13.5. The fraction of sp³-hybridized carbons (Fsp3) is 0.333. The van der Waals surface area contributed by atoms with Crippen molar-refractivity contribution in [2.24, 2.45) is 0 Å². The van der Waals surface area contributed by atoms with Crippen LogP contribution in [0.3, 0.4) is 0 Å². The molecule has 2 aromatic rings. The van der Waals surface area contributed by atoms with Crippen molar-refractivity contribution in [2.45, 2.75) is 26.2 Å². The Kier molecular flexibility index (Phi) is 5.42. The van der Waals surface area contributed by atoms with Crippen LogP contribution in [-0.4, -0.2) is 13.9 Å². The molecule has 0 heterocycles. The Morgan fingerprint density at radius 3 is 2.30 bits per heavy atom. The quantitative estimate of drug-likeness (QED) is 0.498. The molecule has 2 nitrogen and oxygen atoms in total. The van der Waals surface area contributed by atoms with Crippen LogP contribution in [0, 0.1) is 11.6 Å². The van der Waals surface area contributed by atoms with Crippen molar-refractivity contribution in [1.82, 2.24) is 0 Å². The Morgan fingerprint density at radius 2 is 1.70 bits per heavy atom. The summed E-state index contributed by atoms with van der Waals surface area (Å²) in [6.07, 6.45) is 0. The molecule has 0 saturated heterocycles. The highest BCUT2D eigenvalue weighted by Crippen LogP contribution is 2.42. The summed E-state index contributed by atoms with van der Waals surface area (Å²) in [4.78, 5) is 0. The normalized spacial score (nSPS) is 11.6. The van der Waals surface area contributed by atoms with Crippen LogP contribution >= 0.6 is 15.9 Å². The number of methoxy groups -OCH3 is 1. The fourth-order valence-electron chi connectivity index (χ4n) is 2.34. The molecular formula is C18H19BrF2O2. The zero-order valence-corrected chi connectivity index (χ0v) is 15.1. The summed E-state index contributed by atoms with van der Waals surface area (Å²) in [6, 6.07) is 7.94. The number of halogens is 3. The topological polar surface area (TPSA) is 18.5 Å². The van der Waals surface area contributed by atoms with Crippen molar-refractivity contribution in [2.75, 3.05) is 13.9 Å². The number of benzene rings is 2. The van der Waals surface area contributed by atoms with Crippen molar-refractivity contribution in [3.8, 4) is 16.9 Å². The Balaban J connectivity index is 2.69. The molecule has 0 fully saturated rings. The first kappa shape index (κ1) is 17.9. The minimum Gasteiger partial charge on any atom is -0.467 e. The lowest BCUT2D eigenvalue weighted by atomic mass is 9.84. The van der Waals surface area contributed by atoms with Gasteiger partial charge in [-0.3, -0.25) is 0 Å². The number of ether oxygens (including phenoxy) is 2. The van der Waals surface area contributed by atoms with Gasteiger partial charge in [-0.15, -0.1) is 0 Å². The summed E-state index contributed by atoms with van der Waals surface area (Å²) < 4.78 is 38.3. The third-order valence-electron chi connectivity index (χ3n) is 3.44. The average Bonchev–Trinajstić information content (AvgIpc) is 2.47. The molecule has 0 atom stereocenters. The summed E-state index contributed by atoms with van der Waals surface area (Å²) in [5, 5.41) is 0. The second kappa shape index (κ2) is 6.97. The first-order valence-corrected chi connectivity index (χ1v) is 7.95. The first-order valence-electron chi connectivity index (χ1n) is 7.16. The molecule has 23 heavy (non-hydrogen) atoms. The molecule has 0 amide bonds. The second-order valence-electron chi connectivity index (χ2n) is 6.23. The highest BCUT2D eigenvalue weighted by atomic mass is 79.9. The van der Waals surface area contributed by atoms with Crippen LogP contribution in [0.4, 0.5) is 8.78 Å². The highest BCUT2D eigenvalue weighted by molar-refractivity contribution is 9.10. The molecule has 0 N–H and O–H groups in total. The molecule has 0 unspecified atom stereocenters. The first-order chi connectivity index (χ1) is 10.8. The van der Waals surface area contributed by atoms with E-state index in [0.717, 1.165) is 11.6 Å². The van der Waals surface area contributed by atoms with Crippen LogP contribution in [0.5, 0.6) is 5.75 Å². The molecule has 0 bridgehead atoms. The van der Waals surface area contributed by atoms with Gasteiger partial charge in [0, 0.05) is 28.3 Å². The molecule has 0 aromatic heterocycles. The molecule has 0 saturated carbocycles. The summed E-state index contributed by atoms with van der Waals surface area (Å²) in [5.41, 5.74) is 1.99. The van der Waals surface area contributed by atoms with E-state index < -0.39 is 11.6 Å². The molecule has 0 aliphatic rings. The van der Waals surface area contributed by atoms with E-state index in [1.807, 2.05) is 18.2 Å². The van der Waals surface area contributed by atoms with Crippen LogP contribution < -0.4 is 4.74 Å². The summed E-state index contributed by atoms with van der Waals surface area (Å²) in [7, 11) is 1.53. The van der Waals surface area contributed by atoms with Crippen LogP contribution in [0.1, 0.15) is 26.3 Å². The van der Waals surface area contributed by atoms with Crippen LogP contribution in [0.25, 0.3) is 11.1 Å². The van der Waals surface area contributed by atoms with Gasteiger partial charge in [-0.25, -0.2) is 8.78 Å². The van der Waals surface area contributed by atoms with Crippen LogP contribution in [0.15, 0.2) is 34.8 Å². The maximum Gasteiger partial charge on any atom is 0.188 e. The maximum absolute atomic E-state index is 13.7. The van der Waals surface area contributed by atoms with E-state index in [9.17, 15) is 8.78 Å². The van der Waals surface area contributed by atoms with Gasteiger partial charge in [-0.05, 0) is 17.5 Å². The van der Waals surface area contributed by atoms with Gasteiger partial charge in [0.1, 0.15) is 5.75 Å². The maximum atomic E-state index is 13.7. The Bertz CT molecular complexity index is 709. The predicted octanol–water partition coefficient (Wildman–Crippen LogP) is 5.67. The van der Waals surface area contributed by atoms with Crippen LogP contribution in [-0.2, 0) is 10.2 Å². The van der Waals surface area contributed by atoms with Crippen molar-refractivity contribution in [3.63, 3.8) is 0 Å². The molecule has 0 radical (unpaired) electrons. The third-order valence-corrected chi connectivity index (χ3v) is 4.10. The van der Waals surface area contributed by atoms with E-state index >= 15 is 0 Å². The Hall–Kier alpha value is -1.46. The number of hydrogen-bond donors (Lipinski definition) is 0. The van der Waals surface area contributed by atoms with E-state index in [1.165, 1.54) is 13.2 Å². The van der Waals surface area contributed by atoms with Gasteiger partial charge >= 0.3 is 0 Å². The molecular weight excluding hydrogens is 366 g/mol. The molecule has 0 aliphatic carbocycles. The monoisotopic (exact) mass is 384 g/mol. The molecule has 0 spiro atoms. The SMILES string of the molecule is COCOc1c(-c2cc(F)c(F)cc2Br)cccc1C(C)(C)C. The lowest BCUT2D eigenvalue weighted by Crippen LogP contribution is -2.15. The van der Waals surface area contributed by atoms with Gasteiger partial charge in [-0.1, -0.05) is 54.9 Å². The van der Waals surface area contributed by atoms with Gasteiger partial charge < -0.3 is 9.47 Å². The zero-order chi connectivity index (χ0) is 17.2. The van der Waals surface area contributed by atoms with E-state index in [-0.39, 0.29) is 12.2 Å².